The number of fused-ring (bicyclic) bond motifs is 3. The maximum Gasteiger partial charge on any atom is 0.283 e. The second-order valence-corrected chi connectivity index (χ2v) is 9.29. The summed E-state index contributed by atoms with van der Waals surface area (Å²) in [5, 5.41) is 0. The second-order valence-electron chi connectivity index (χ2n) is 9.29. The largest absolute Gasteiger partial charge is 0.305 e. The Labute approximate surface area is 201 Å². The standard InChI is InChI=1S/C26H26F3N5O/c1-5-32-25(35)22-24(34-13-21(14(2)3)30-26(32)34)33(12-17-6-8-18(27)11-20(17)29)23(31-22)16-7-9-19(28)15(4)10-16/h6-11,14,21H,5,12-13H2,1-4H3. The van der Waals surface area contributed by atoms with Crippen molar-refractivity contribution >= 4 is 17.7 Å². The van der Waals surface area contributed by atoms with Crippen molar-refractivity contribution in [2.24, 2.45) is 10.9 Å². The summed E-state index contributed by atoms with van der Waals surface area (Å²) in [6.45, 7) is 8.64. The lowest BCUT2D eigenvalue weighted by atomic mass is 10.1. The van der Waals surface area contributed by atoms with Gasteiger partial charge in [-0.3, -0.25) is 14.6 Å². The predicted octanol–water partition coefficient (Wildman–Crippen LogP) is 5.00. The molecule has 9 heteroatoms. The Morgan fingerprint density at radius 1 is 1.09 bits per heavy atom. The number of carbonyl (C=O) groups excluding carboxylic acids is 1. The van der Waals surface area contributed by atoms with E-state index >= 15 is 0 Å². The van der Waals surface area contributed by atoms with Crippen molar-refractivity contribution in [3.63, 3.8) is 0 Å². The Morgan fingerprint density at radius 2 is 1.86 bits per heavy atom. The third kappa shape index (κ3) is 3.79. The van der Waals surface area contributed by atoms with Gasteiger partial charge in [-0.2, -0.15) is 0 Å². The number of amides is 1. The van der Waals surface area contributed by atoms with E-state index in [1.54, 1.807) is 28.5 Å². The van der Waals surface area contributed by atoms with Gasteiger partial charge in [-0.05, 0) is 49.6 Å². The number of nitrogens with zero attached hydrogens (tertiary/aromatic N) is 5. The molecular weight excluding hydrogens is 455 g/mol. The first-order chi connectivity index (χ1) is 16.7. The second kappa shape index (κ2) is 8.55. The topological polar surface area (TPSA) is 53.7 Å². The predicted molar refractivity (Wildman–Crippen MR) is 128 cm³/mol. The molecule has 0 radical (unpaired) electrons. The van der Waals surface area contributed by atoms with Gasteiger partial charge in [0.15, 0.2) is 5.69 Å². The van der Waals surface area contributed by atoms with Crippen LogP contribution in [-0.4, -0.2) is 45.4 Å². The summed E-state index contributed by atoms with van der Waals surface area (Å²) in [5.74, 6) is -0.301. The van der Waals surface area contributed by atoms with Crippen molar-refractivity contribution in [1.82, 2.24) is 14.5 Å². The zero-order valence-electron chi connectivity index (χ0n) is 20.0. The minimum Gasteiger partial charge on any atom is -0.305 e. The van der Waals surface area contributed by atoms with Crippen molar-refractivity contribution in [3.05, 3.63) is 70.7 Å². The van der Waals surface area contributed by atoms with Gasteiger partial charge in [-0.15, -0.1) is 0 Å². The number of halogens is 3. The van der Waals surface area contributed by atoms with E-state index < -0.39 is 11.6 Å². The van der Waals surface area contributed by atoms with Crippen LogP contribution in [0.5, 0.6) is 0 Å². The molecule has 1 unspecified atom stereocenters. The van der Waals surface area contributed by atoms with Gasteiger partial charge in [0.25, 0.3) is 5.91 Å². The van der Waals surface area contributed by atoms with Crippen molar-refractivity contribution in [2.45, 2.75) is 40.3 Å². The van der Waals surface area contributed by atoms with E-state index in [2.05, 4.69) is 13.8 Å². The fraction of sp³-hybridized carbons (Fsp3) is 0.346. The molecule has 0 spiro atoms. The molecular formula is C26H26F3N5O. The molecule has 2 aliphatic heterocycles. The van der Waals surface area contributed by atoms with E-state index in [9.17, 15) is 18.0 Å². The van der Waals surface area contributed by atoms with E-state index in [-0.39, 0.29) is 41.5 Å². The number of guanidine groups is 1. The molecule has 3 heterocycles. The first kappa shape index (κ1) is 23.1. The van der Waals surface area contributed by atoms with Gasteiger partial charge in [-0.25, -0.2) is 23.1 Å². The summed E-state index contributed by atoms with van der Waals surface area (Å²) in [6.07, 6.45) is 0. The lowest BCUT2D eigenvalue weighted by Gasteiger charge is -2.33. The molecule has 2 aromatic carbocycles. The molecule has 1 aromatic heterocycles. The number of carbonyl (C=O) groups is 1. The highest BCUT2D eigenvalue weighted by atomic mass is 19.1. The van der Waals surface area contributed by atoms with E-state index in [1.807, 2.05) is 11.8 Å². The van der Waals surface area contributed by atoms with Crippen LogP contribution in [-0.2, 0) is 6.54 Å². The smallest absolute Gasteiger partial charge is 0.283 e. The Kier molecular flexibility index (Phi) is 5.65. The van der Waals surface area contributed by atoms with E-state index in [0.717, 1.165) is 6.07 Å². The minimum atomic E-state index is -0.693. The molecule has 0 saturated carbocycles. The van der Waals surface area contributed by atoms with Crippen molar-refractivity contribution in [3.8, 4) is 11.4 Å². The monoisotopic (exact) mass is 481 g/mol. The highest BCUT2D eigenvalue weighted by Gasteiger charge is 2.44. The van der Waals surface area contributed by atoms with Crippen LogP contribution in [0.4, 0.5) is 19.0 Å². The molecule has 1 atom stereocenters. The first-order valence-electron chi connectivity index (χ1n) is 11.7. The summed E-state index contributed by atoms with van der Waals surface area (Å²) < 4.78 is 44.1. The summed E-state index contributed by atoms with van der Waals surface area (Å²) in [5.41, 5.74) is 1.49. The third-order valence-corrected chi connectivity index (χ3v) is 6.62. The van der Waals surface area contributed by atoms with Crippen LogP contribution in [0.1, 0.15) is 42.4 Å². The number of anilines is 1. The average molecular weight is 482 g/mol. The molecule has 0 N–H and O–H groups in total. The van der Waals surface area contributed by atoms with Gasteiger partial charge >= 0.3 is 0 Å². The maximum absolute atomic E-state index is 14.7. The molecule has 0 fully saturated rings. The number of imidazole rings is 1. The Morgan fingerprint density at radius 3 is 2.51 bits per heavy atom. The van der Waals surface area contributed by atoms with Gasteiger partial charge in [0.05, 0.1) is 19.1 Å². The normalized spacial score (nSPS) is 17.2. The quantitative estimate of drug-likeness (QED) is 0.515. The number of hydrogen-bond donors (Lipinski definition) is 0. The average Bonchev–Trinajstić information content (AvgIpc) is 3.40. The van der Waals surface area contributed by atoms with Crippen LogP contribution in [0.15, 0.2) is 41.4 Å². The fourth-order valence-corrected chi connectivity index (χ4v) is 4.62. The van der Waals surface area contributed by atoms with Gasteiger partial charge in [0.2, 0.25) is 5.96 Å². The van der Waals surface area contributed by atoms with Crippen LogP contribution in [0, 0.1) is 30.3 Å². The number of rotatable bonds is 5. The highest BCUT2D eigenvalue weighted by Crippen LogP contribution is 2.38. The van der Waals surface area contributed by atoms with Crippen molar-refractivity contribution in [2.75, 3.05) is 18.0 Å². The van der Waals surface area contributed by atoms with Gasteiger partial charge in [-0.1, -0.05) is 19.9 Å². The molecule has 2 aliphatic rings. The van der Waals surface area contributed by atoms with E-state index in [4.69, 9.17) is 9.98 Å². The van der Waals surface area contributed by atoms with E-state index in [0.29, 0.717) is 41.8 Å². The van der Waals surface area contributed by atoms with Gasteiger partial charge < -0.3 is 4.57 Å². The number of hydrogen-bond acceptors (Lipinski definition) is 4. The lowest BCUT2D eigenvalue weighted by Crippen LogP contribution is -2.50. The number of aryl methyl sites for hydroxylation is 1. The third-order valence-electron chi connectivity index (χ3n) is 6.62. The molecule has 1 amide bonds. The summed E-state index contributed by atoms with van der Waals surface area (Å²) in [4.78, 5) is 26.6. The highest BCUT2D eigenvalue weighted by molar-refractivity contribution is 6.18. The zero-order chi connectivity index (χ0) is 25.0. The van der Waals surface area contributed by atoms with E-state index in [1.165, 1.54) is 18.2 Å². The van der Waals surface area contributed by atoms with Crippen LogP contribution in [0.3, 0.4) is 0 Å². The first-order valence-corrected chi connectivity index (χ1v) is 11.7. The molecule has 0 bridgehead atoms. The Hall–Kier alpha value is -3.62. The fourth-order valence-electron chi connectivity index (χ4n) is 4.62. The summed E-state index contributed by atoms with van der Waals surface area (Å²) >= 11 is 0. The summed E-state index contributed by atoms with van der Waals surface area (Å²) in [7, 11) is 0. The number of benzene rings is 2. The number of aromatic nitrogens is 2. The maximum atomic E-state index is 14.7. The van der Waals surface area contributed by atoms with Crippen LogP contribution >= 0.6 is 0 Å². The van der Waals surface area contributed by atoms with Crippen molar-refractivity contribution in [1.29, 1.82) is 0 Å². The minimum absolute atomic E-state index is 0.00966. The zero-order valence-corrected chi connectivity index (χ0v) is 20.0. The molecule has 182 valence electrons. The van der Waals surface area contributed by atoms with Crippen molar-refractivity contribution < 1.29 is 18.0 Å². The van der Waals surface area contributed by atoms with Gasteiger partial charge in [0, 0.05) is 23.7 Å². The summed E-state index contributed by atoms with van der Waals surface area (Å²) in [6, 6.07) is 7.98. The molecule has 0 aliphatic carbocycles. The molecule has 0 saturated heterocycles. The Bertz CT molecular complexity index is 1360. The molecule has 35 heavy (non-hydrogen) atoms. The number of aliphatic imine (C=N–C) groups is 1. The molecule has 6 nitrogen and oxygen atoms in total. The van der Waals surface area contributed by atoms with Crippen LogP contribution < -0.4 is 4.90 Å². The van der Waals surface area contributed by atoms with Crippen LogP contribution in [0.25, 0.3) is 11.4 Å². The van der Waals surface area contributed by atoms with Gasteiger partial charge in [0.1, 0.15) is 29.1 Å². The van der Waals surface area contributed by atoms with Crippen LogP contribution in [0.2, 0.25) is 0 Å². The molecule has 5 rings (SSSR count). The SMILES string of the molecule is CCN1C(=O)c2nc(-c3ccc(F)c(C)c3)n(Cc3ccc(F)cc3F)c2N2CC(C(C)C)N=C12. The molecule has 3 aromatic rings. The Balaban J connectivity index is 1.74. The lowest BCUT2D eigenvalue weighted by molar-refractivity contribution is 0.0841.